The number of aryl methyl sites for hydroxylation is 1. The molecule has 0 amide bonds. The number of pyridine rings is 1. The highest BCUT2D eigenvalue weighted by Gasteiger charge is 2.06. The Morgan fingerprint density at radius 2 is 1.57 bits per heavy atom. The Hall–Kier alpha value is -2.32. The van der Waals surface area contributed by atoms with Crippen molar-refractivity contribution in [1.82, 2.24) is 4.98 Å². The molecular formula is C21H17NS. The number of para-hydroxylation sites is 1. The summed E-state index contributed by atoms with van der Waals surface area (Å²) in [5, 5.41) is 3.85. The van der Waals surface area contributed by atoms with Crippen molar-refractivity contribution in [2.75, 3.05) is 0 Å². The Balaban J connectivity index is 1.70. The monoisotopic (exact) mass is 315 g/mol. The second-order valence-electron chi connectivity index (χ2n) is 5.71. The van der Waals surface area contributed by atoms with Crippen LogP contribution >= 0.6 is 11.8 Å². The van der Waals surface area contributed by atoms with Gasteiger partial charge in [0, 0.05) is 21.7 Å². The molecule has 1 heterocycles. The molecule has 0 bridgehead atoms. The molecular weight excluding hydrogens is 298 g/mol. The van der Waals surface area contributed by atoms with E-state index in [9.17, 15) is 0 Å². The van der Waals surface area contributed by atoms with E-state index in [-0.39, 0.29) is 0 Å². The summed E-state index contributed by atoms with van der Waals surface area (Å²) in [7, 11) is 0. The van der Waals surface area contributed by atoms with Crippen molar-refractivity contribution in [3.05, 3.63) is 84.1 Å². The molecule has 4 aromatic rings. The summed E-state index contributed by atoms with van der Waals surface area (Å²) in [5.74, 6) is 0.954. The first-order valence-corrected chi connectivity index (χ1v) is 8.76. The van der Waals surface area contributed by atoms with Gasteiger partial charge < -0.3 is 0 Å². The number of hydrogen-bond acceptors (Lipinski definition) is 2. The van der Waals surface area contributed by atoms with Gasteiger partial charge in [0.1, 0.15) is 0 Å². The first-order chi connectivity index (χ1) is 11.3. The Morgan fingerprint density at radius 3 is 2.52 bits per heavy atom. The third-order valence-electron chi connectivity index (χ3n) is 4.09. The first kappa shape index (κ1) is 14.3. The second kappa shape index (κ2) is 6.05. The summed E-state index contributed by atoms with van der Waals surface area (Å²) in [5.41, 5.74) is 3.55. The van der Waals surface area contributed by atoms with Gasteiger partial charge in [-0.3, -0.25) is 4.98 Å². The van der Waals surface area contributed by atoms with E-state index < -0.39 is 0 Å². The lowest BCUT2D eigenvalue weighted by atomic mass is 10.1. The van der Waals surface area contributed by atoms with E-state index in [1.165, 1.54) is 26.6 Å². The maximum absolute atomic E-state index is 4.73. The highest BCUT2D eigenvalue weighted by Crippen LogP contribution is 2.31. The van der Waals surface area contributed by atoms with Gasteiger partial charge in [0.25, 0.3) is 0 Å². The smallest absolute Gasteiger partial charge is 0.0840 e. The predicted molar refractivity (Wildman–Crippen MR) is 100.0 cm³/mol. The van der Waals surface area contributed by atoms with E-state index in [1.807, 2.05) is 18.7 Å². The van der Waals surface area contributed by atoms with Gasteiger partial charge in [0.15, 0.2) is 0 Å². The minimum Gasteiger partial charge on any atom is -0.252 e. The van der Waals surface area contributed by atoms with Crippen LogP contribution in [0, 0.1) is 6.92 Å². The molecule has 1 aromatic heterocycles. The number of nitrogens with zero attached hydrogens (tertiary/aromatic N) is 1. The summed E-state index contributed by atoms with van der Waals surface area (Å²) in [6.07, 6.45) is 0. The first-order valence-electron chi connectivity index (χ1n) is 7.77. The molecule has 0 saturated carbocycles. The van der Waals surface area contributed by atoms with Crippen molar-refractivity contribution in [2.45, 2.75) is 17.6 Å². The molecule has 0 radical (unpaired) electrons. The fourth-order valence-corrected chi connectivity index (χ4v) is 3.95. The van der Waals surface area contributed by atoms with Crippen molar-refractivity contribution < 1.29 is 0 Å². The molecule has 0 spiro atoms. The van der Waals surface area contributed by atoms with Gasteiger partial charge in [-0.15, -0.1) is 11.8 Å². The van der Waals surface area contributed by atoms with E-state index in [0.29, 0.717) is 0 Å². The molecule has 1 nitrogen and oxygen atoms in total. The summed E-state index contributed by atoms with van der Waals surface area (Å²) in [6.45, 7) is 2.05. The average Bonchev–Trinajstić information content (AvgIpc) is 2.60. The Bertz CT molecular complexity index is 986. The van der Waals surface area contributed by atoms with Crippen LogP contribution in [0.15, 0.2) is 77.7 Å². The molecule has 0 aliphatic heterocycles. The predicted octanol–water partition coefficient (Wildman–Crippen LogP) is 5.99. The Kier molecular flexibility index (Phi) is 3.76. The second-order valence-corrected chi connectivity index (χ2v) is 6.72. The summed E-state index contributed by atoms with van der Waals surface area (Å²) in [4.78, 5) is 5.98. The third kappa shape index (κ3) is 2.82. The van der Waals surface area contributed by atoms with Crippen LogP contribution in [0.1, 0.15) is 11.3 Å². The van der Waals surface area contributed by atoms with E-state index in [0.717, 1.165) is 17.0 Å². The van der Waals surface area contributed by atoms with E-state index in [4.69, 9.17) is 4.98 Å². The topological polar surface area (TPSA) is 12.9 Å². The lowest BCUT2D eigenvalue weighted by Crippen LogP contribution is -1.88. The summed E-state index contributed by atoms with van der Waals surface area (Å²) < 4.78 is 0. The summed E-state index contributed by atoms with van der Waals surface area (Å²) in [6, 6.07) is 25.8. The van der Waals surface area contributed by atoms with Crippen molar-refractivity contribution in [1.29, 1.82) is 0 Å². The summed E-state index contributed by atoms with van der Waals surface area (Å²) >= 11 is 1.86. The molecule has 3 aromatic carbocycles. The molecule has 0 unspecified atom stereocenters. The largest absolute Gasteiger partial charge is 0.252 e. The van der Waals surface area contributed by atoms with Crippen LogP contribution < -0.4 is 0 Å². The van der Waals surface area contributed by atoms with Crippen LogP contribution in [-0.2, 0) is 5.75 Å². The number of hydrogen-bond donors (Lipinski definition) is 0. The Morgan fingerprint density at radius 1 is 0.783 bits per heavy atom. The fraction of sp³-hybridized carbons (Fsp3) is 0.0952. The zero-order valence-corrected chi connectivity index (χ0v) is 13.8. The Labute approximate surface area is 140 Å². The lowest BCUT2D eigenvalue weighted by molar-refractivity contribution is 1.23. The minimum atomic E-state index is 0.954. The lowest BCUT2D eigenvalue weighted by Gasteiger charge is -2.09. The van der Waals surface area contributed by atoms with E-state index in [2.05, 4.69) is 72.8 Å². The standard InChI is InChI=1S/C21H17NS/c1-15-12-13-17-8-5-11-20(21(17)22-15)23-14-18-9-4-7-16-6-2-3-10-19(16)18/h2-13H,14H2,1H3. The quantitative estimate of drug-likeness (QED) is 0.431. The van der Waals surface area contributed by atoms with E-state index >= 15 is 0 Å². The van der Waals surface area contributed by atoms with Gasteiger partial charge >= 0.3 is 0 Å². The minimum absolute atomic E-state index is 0.954. The molecule has 112 valence electrons. The van der Waals surface area contributed by atoms with Crippen molar-refractivity contribution >= 4 is 33.4 Å². The van der Waals surface area contributed by atoms with E-state index in [1.54, 1.807) is 0 Å². The number of fused-ring (bicyclic) bond motifs is 2. The molecule has 23 heavy (non-hydrogen) atoms. The highest BCUT2D eigenvalue weighted by atomic mass is 32.2. The fourth-order valence-electron chi connectivity index (χ4n) is 2.91. The number of thioether (sulfide) groups is 1. The zero-order valence-electron chi connectivity index (χ0n) is 13.0. The number of aromatic nitrogens is 1. The highest BCUT2D eigenvalue weighted by molar-refractivity contribution is 7.98. The zero-order chi connectivity index (χ0) is 15.6. The molecule has 4 rings (SSSR count). The number of benzene rings is 3. The van der Waals surface area contributed by atoms with Crippen LogP contribution in [0.25, 0.3) is 21.7 Å². The van der Waals surface area contributed by atoms with Gasteiger partial charge in [-0.25, -0.2) is 0 Å². The van der Waals surface area contributed by atoms with Gasteiger partial charge in [0.2, 0.25) is 0 Å². The van der Waals surface area contributed by atoms with Crippen molar-refractivity contribution in [3.8, 4) is 0 Å². The van der Waals surface area contributed by atoms with Gasteiger partial charge in [-0.05, 0) is 35.4 Å². The maximum Gasteiger partial charge on any atom is 0.0840 e. The molecule has 0 aliphatic carbocycles. The molecule has 0 N–H and O–H groups in total. The van der Waals surface area contributed by atoms with Crippen LogP contribution in [0.3, 0.4) is 0 Å². The van der Waals surface area contributed by atoms with Gasteiger partial charge in [-0.1, -0.05) is 60.7 Å². The van der Waals surface area contributed by atoms with Gasteiger partial charge in [-0.2, -0.15) is 0 Å². The van der Waals surface area contributed by atoms with Crippen molar-refractivity contribution in [2.24, 2.45) is 0 Å². The maximum atomic E-state index is 4.73. The SMILES string of the molecule is Cc1ccc2cccc(SCc3cccc4ccccc34)c2n1. The number of rotatable bonds is 3. The van der Waals surface area contributed by atoms with Crippen molar-refractivity contribution in [3.63, 3.8) is 0 Å². The van der Waals surface area contributed by atoms with Crippen LogP contribution in [0.2, 0.25) is 0 Å². The van der Waals surface area contributed by atoms with Crippen LogP contribution in [0.4, 0.5) is 0 Å². The molecule has 2 heteroatoms. The molecule has 0 saturated heterocycles. The third-order valence-corrected chi connectivity index (χ3v) is 5.18. The molecule has 0 atom stereocenters. The van der Waals surface area contributed by atoms with Crippen LogP contribution in [-0.4, -0.2) is 4.98 Å². The van der Waals surface area contributed by atoms with Crippen LogP contribution in [0.5, 0.6) is 0 Å². The molecule has 0 fully saturated rings. The molecule has 0 aliphatic rings. The van der Waals surface area contributed by atoms with Gasteiger partial charge in [0.05, 0.1) is 5.52 Å². The average molecular weight is 315 g/mol. The normalized spacial score (nSPS) is 11.2.